The molecular weight excluding hydrogens is 944 g/mol. The number of allylic oxidation sites excluding steroid dienone is 2. The summed E-state index contributed by atoms with van der Waals surface area (Å²) in [4.78, 5) is 54.5. The van der Waals surface area contributed by atoms with Gasteiger partial charge in [0, 0.05) is 61.4 Å². The number of benzene rings is 2. The van der Waals surface area contributed by atoms with Gasteiger partial charge in [0.15, 0.2) is 0 Å². The van der Waals surface area contributed by atoms with Crippen molar-refractivity contribution in [2.75, 3.05) is 44.6 Å². The number of aromatic nitrogens is 4. The summed E-state index contributed by atoms with van der Waals surface area (Å²) in [7, 11) is 0. The highest BCUT2D eigenvalue weighted by Gasteiger charge is 2.35. The summed E-state index contributed by atoms with van der Waals surface area (Å²) < 4.78 is 11.5. The van der Waals surface area contributed by atoms with Gasteiger partial charge in [-0.05, 0) is 138 Å². The fourth-order valence-electron chi connectivity index (χ4n) is 8.96. The molecule has 73 heavy (non-hydrogen) atoms. The van der Waals surface area contributed by atoms with E-state index in [1.54, 1.807) is 24.8 Å². The second-order valence-electron chi connectivity index (χ2n) is 18.9. The molecule has 2 atom stereocenters. The van der Waals surface area contributed by atoms with E-state index in [0.29, 0.717) is 50.1 Å². The number of nitrogens with two attached hydrogens (primary N) is 3. The minimum Gasteiger partial charge on any atom is -0.403 e. The van der Waals surface area contributed by atoms with Crippen LogP contribution in [0, 0.1) is 0 Å². The van der Waals surface area contributed by atoms with Crippen LogP contribution in [0.3, 0.4) is 0 Å². The van der Waals surface area contributed by atoms with E-state index < -0.39 is 0 Å². The van der Waals surface area contributed by atoms with Crippen molar-refractivity contribution in [2.45, 2.75) is 129 Å². The normalized spacial score (nSPS) is 18.3. The van der Waals surface area contributed by atoms with Crippen molar-refractivity contribution in [2.24, 2.45) is 27.2 Å². The zero-order valence-electron chi connectivity index (χ0n) is 43.3. The molecule has 4 heterocycles. The quantitative estimate of drug-likeness (QED) is 0.0397. The van der Waals surface area contributed by atoms with Crippen LogP contribution in [0.4, 0.5) is 15.5 Å². The van der Waals surface area contributed by atoms with Crippen molar-refractivity contribution in [3.8, 4) is 22.5 Å². The number of aliphatic imine (C=N–C) groups is 2. The first kappa shape index (κ1) is 55.7. The molecule has 392 valence electrons. The number of aryl methyl sites for hydroxylation is 2. The van der Waals surface area contributed by atoms with E-state index in [1.165, 1.54) is 34.7 Å². The Morgan fingerprint density at radius 2 is 1.21 bits per heavy atom. The zero-order valence-corrected chi connectivity index (χ0v) is 44.0. The van der Waals surface area contributed by atoms with E-state index in [2.05, 4.69) is 82.3 Å². The average Bonchev–Trinajstić information content (AvgIpc) is 3.69. The minimum atomic E-state index is -0.0116. The topological polar surface area (TPSA) is 250 Å². The summed E-state index contributed by atoms with van der Waals surface area (Å²) in [5, 5.41) is 9.87. The van der Waals surface area contributed by atoms with Crippen molar-refractivity contribution >= 4 is 42.0 Å². The number of hydrogen-bond acceptors (Lipinski definition) is 14. The number of carbonyl (C=O) groups is 2. The number of anilines is 1. The van der Waals surface area contributed by atoms with Crippen molar-refractivity contribution in [3.63, 3.8) is 0 Å². The molecule has 4 amide bonds. The van der Waals surface area contributed by atoms with E-state index in [4.69, 9.17) is 38.3 Å². The van der Waals surface area contributed by atoms with E-state index in [1.807, 2.05) is 63.5 Å². The Kier molecular flexibility index (Phi) is 21.3. The first-order valence-corrected chi connectivity index (χ1v) is 26.0. The molecule has 19 heteroatoms. The number of amides is 4. The van der Waals surface area contributed by atoms with Gasteiger partial charge in [0.25, 0.3) is 0 Å². The van der Waals surface area contributed by atoms with Crippen LogP contribution in [-0.2, 0) is 22.3 Å². The summed E-state index contributed by atoms with van der Waals surface area (Å²) >= 11 is 5.95. The van der Waals surface area contributed by atoms with Gasteiger partial charge in [-0.3, -0.25) is 9.98 Å². The van der Waals surface area contributed by atoms with Gasteiger partial charge in [-0.1, -0.05) is 37.1 Å². The number of urea groups is 2. The van der Waals surface area contributed by atoms with Crippen molar-refractivity contribution < 1.29 is 19.1 Å². The largest absolute Gasteiger partial charge is 0.403 e. The molecule has 4 aliphatic rings. The maximum atomic E-state index is 12.9. The lowest BCUT2D eigenvalue weighted by Crippen LogP contribution is -2.58. The van der Waals surface area contributed by atoms with Crippen LogP contribution < -0.4 is 33.2 Å². The molecule has 2 aliphatic heterocycles. The second kappa shape index (κ2) is 28.0. The van der Waals surface area contributed by atoms with Gasteiger partial charge < -0.3 is 52.4 Å². The van der Waals surface area contributed by atoms with E-state index >= 15 is 0 Å². The van der Waals surface area contributed by atoms with Gasteiger partial charge in [-0.25, -0.2) is 29.5 Å². The van der Waals surface area contributed by atoms with Crippen LogP contribution >= 0.6 is 11.6 Å². The molecule has 9 N–H and O–H groups in total. The first-order valence-electron chi connectivity index (χ1n) is 25.6. The second-order valence-corrected chi connectivity index (χ2v) is 19.2. The number of hydrogen-bond donors (Lipinski definition) is 6. The van der Waals surface area contributed by atoms with E-state index in [0.717, 1.165) is 80.4 Å². The third-order valence-corrected chi connectivity index (χ3v) is 12.7. The Morgan fingerprint density at radius 1 is 0.712 bits per heavy atom. The highest BCUT2D eigenvalue weighted by molar-refractivity contribution is 6.28. The molecule has 18 nitrogen and oxygen atoms in total. The lowest BCUT2D eigenvalue weighted by atomic mass is 9.95. The maximum absolute atomic E-state index is 12.9. The van der Waals surface area contributed by atoms with Gasteiger partial charge in [0.05, 0.1) is 85.5 Å². The molecule has 0 saturated carbocycles. The van der Waals surface area contributed by atoms with E-state index in [9.17, 15) is 9.59 Å². The van der Waals surface area contributed by atoms with Crippen LogP contribution in [0.5, 0.6) is 0 Å². The number of halogens is 1. The Morgan fingerprint density at radius 3 is 1.67 bits per heavy atom. The number of ether oxygens (including phenoxy) is 2. The summed E-state index contributed by atoms with van der Waals surface area (Å²) in [6.07, 6.45) is 18.3. The molecule has 4 aromatic rings. The molecule has 2 fully saturated rings. The number of nitrogens with zero attached hydrogens (tertiary/aromatic N) is 8. The minimum absolute atomic E-state index is 0.00175. The molecule has 2 aromatic carbocycles. The first-order chi connectivity index (χ1) is 35.3. The van der Waals surface area contributed by atoms with Crippen LogP contribution in [0.15, 0.2) is 94.7 Å². The number of rotatable bonds is 14. The lowest BCUT2D eigenvalue weighted by Gasteiger charge is -2.40. The monoisotopic (exact) mass is 1020 g/mol. The summed E-state index contributed by atoms with van der Waals surface area (Å²) in [6, 6.07) is 16.5. The Balaban J connectivity index is 0.000000210. The van der Waals surface area contributed by atoms with Gasteiger partial charge in [0.1, 0.15) is 0 Å². The highest BCUT2D eigenvalue weighted by Crippen LogP contribution is 2.34. The lowest BCUT2D eigenvalue weighted by molar-refractivity contribution is -0.0645. The number of carbonyl (C=O) groups excluding carboxylic acids is 2. The van der Waals surface area contributed by atoms with Gasteiger partial charge in [0.2, 0.25) is 11.2 Å². The molecule has 2 unspecified atom stereocenters. The molecule has 2 aromatic heterocycles. The maximum Gasteiger partial charge on any atom is 0.318 e. The Hall–Kier alpha value is -6.63. The SMILES string of the molecule is CC(C)OC1CN(C(=O)NC2CCCCc3cc(-c4ccnc(Cl)n4)ccc32)C1.CCN=CC(=CN)Nc1nccc(-c2ccc3c(c2)CCCCC3NC(=O)N2CC(OC(C)C)C2)n1.CCN=CC(N)=CN. The standard InChI is InChI=1S/C27H37N7O2.C22H27ClN4O2.C5H11N3/c1-4-29-15-21(14-28)31-26-30-12-11-24(32-26)20-9-10-23-19(13-20)7-5-6-8-25(23)33-27(35)34-16-22(17-34)36-18(2)3;1-14(2)29-17-12-27(13-17)22(28)26-20-6-4-3-5-15-11-16(7-8-18(15)20)19-9-10-24-21(23)25-19;1-2-8-4-5(7)3-6/h9-15,18,22,25H,4-8,16-17,28H2,1-3H3,(H,33,35)(H,30,31,32);7-11,14,17,20H,3-6,12-13H2,1-2H3,(H,26,28);3-4H,2,6-7H2,1H3. The molecule has 0 bridgehead atoms. The summed E-state index contributed by atoms with van der Waals surface area (Å²) in [5.74, 6) is 0.459. The van der Waals surface area contributed by atoms with Crippen molar-refractivity contribution in [1.29, 1.82) is 0 Å². The van der Waals surface area contributed by atoms with Crippen LogP contribution in [0.1, 0.15) is 114 Å². The molecule has 8 rings (SSSR count). The number of fused-ring (bicyclic) bond motifs is 2. The van der Waals surface area contributed by atoms with Crippen LogP contribution in [0.2, 0.25) is 5.28 Å². The number of nitrogens with one attached hydrogen (secondary N) is 3. The summed E-state index contributed by atoms with van der Waals surface area (Å²) in [6.45, 7) is 16.0. The van der Waals surface area contributed by atoms with Gasteiger partial charge >= 0.3 is 12.1 Å². The average molecular weight is 1020 g/mol. The molecular formula is C54H75ClN14O4. The zero-order chi connectivity index (χ0) is 52.3. The van der Waals surface area contributed by atoms with E-state index in [-0.39, 0.29) is 53.8 Å². The molecule has 2 aliphatic carbocycles. The predicted octanol–water partition coefficient (Wildman–Crippen LogP) is 8.25. The van der Waals surface area contributed by atoms with Crippen LogP contribution in [-0.4, -0.2) is 118 Å². The van der Waals surface area contributed by atoms with Crippen LogP contribution in [0.25, 0.3) is 22.5 Å². The summed E-state index contributed by atoms with van der Waals surface area (Å²) in [5.41, 5.74) is 25.7. The Labute approximate surface area is 435 Å². The third-order valence-electron chi connectivity index (χ3n) is 12.5. The highest BCUT2D eigenvalue weighted by atomic mass is 35.5. The van der Waals surface area contributed by atoms with Gasteiger partial charge in [-0.15, -0.1) is 0 Å². The molecule has 0 radical (unpaired) electrons. The van der Waals surface area contributed by atoms with Gasteiger partial charge in [-0.2, -0.15) is 0 Å². The number of likely N-dealkylation sites (tertiary alicyclic amines) is 2. The molecule has 0 spiro atoms. The fourth-order valence-corrected chi connectivity index (χ4v) is 9.11. The third kappa shape index (κ3) is 16.7. The molecule has 2 saturated heterocycles. The Bertz CT molecular complexity index is 2560. The van der Waals surface area contributed by atoms with Crippen molar-refractivity contribution in [1.82, 2.24) is 40.4 Å². The van der Waals surface area contributed by atoms with Crippen molar-refractivity contribution in [3.05, 3.63) is 112 Å². The smallest absolute Gasteiger partial charge is 0.318 e. The fraction of sp³-hybridized carbons (Fsp3) is 0.481. The predicted molar refractivity (Wildman–Crippen MR) is 291 cm³/mol.